The monoisotopic (exact) mass is 810 g/mol. The first-order chi connectivity index (χ1) is 31.2. The maximum absolute atomic E-state index is 6.51. The molecule has 0 bridgehead atoms. The summed E-state index contributed by atoms with van der Waals surface area (Å²) in [5.74, 6) is 0. The highest BCUT2D eigenvalue weighted by molar-refractivity contribution is 6.69. The predicted molar refractivity (Wildman–Crippen MR) is 296 cm³/mol. The minimum atomic E-state index is 0.907. The third-order valence-electron chi connectivity index (χ3n) is 14.6. The van der Waals surface area contributed by atoms with E-state index < -0.39 is 0 Å². The van der Waals surface area contributed by atoms with Gasteiger partial charge in [-0.25, -0.2) is 0 Å². The Kier molecular flexibility index (Phi) is 8.69. The molecule has 0 aliphatic rings. The number of hydrogen-bond donors (Lipinski definition) is 0. The molecule has 0 amide bonds. The number of benzene rings is 9. The SMILES string of the molecule is Bc1c(B)c(B)c2c(c1B)c1c(B)c(-c3ccc4c(c3)c3cc(-c5ccccc5)ccc3n4-c3cccc(-c4ccccc4)c3)c(B)c(B)c1n2-c1ccc2c(c1)oc1ccccc12. The Morgan fingerprint density at radius 1 is 0.312 bits per heavy atom. The fraction of sp³-hybridized carbons (Fsp3) is 0. The van der Waals surface area contributed by atoms with E-state index in [-0.39, 0.29) is 0 Å². The van der Waals surface area contributed by atoms with Crippen molar-refractivity contribution < 1.29 is 4.42 Å². The summed E-state index contributed by atoms with van der Waals surface area (Å²) in [6.45, 7) is 0. The topological polar surface area (TPSA) is 23.0 Å². The first-order valence-electron chi connectivity index (χ1n) is 22.4. The Morgan fingerprint density at radius 2 is 0.844 bits per heavy atom. The highest BCUT2D eigenvalue weighted by Crippen LogP contribution is 2.39. The van der Waals surface area contributed by atoms with Gasteiger partial charge in [0.05, 0.1) is 11.0 Å². The van der Waals surface area contributed by atoms with Crippen molar-refractivity contribution in [3.8, 4) is 44.8 Å². The normalized spacial score (nSPS) is 11.9. The third-order valence-corrected chi connectivity index (χ3v) is 14.6. The Morgan fingerprint density at radius 3 is 1.55 bits per heavy atom. The zero-order valence-corrected chi connectivity index (χ0v) is 37.4. The van der Waals surface area contributed by atoms with Gasteiger partial charge in [-0.15, -0.1) is 5.46 Å². The zero-order valence-electron chi connectivity index (χ0n) is 37.4. The molecule has 12 rings (SSSR count). The van der Waals surface area contributed by atoms with E-state index in [0.29, 0.717) is 0 Å². The number of aromatic nitrogens is 2. The van der Waals surface area contributed by atoms with Crippen LogP contribution in [0.5, 0.6) is 0 Å². The molecule has 64 heavy (non-hydrogen) atoms. The van der Waals surface area contributed by atoms with Crippen LogP contribution in [0.2, 0.25) is 0 Å². The molecule has 0 aliphatic carbocycles. The molecular formula is C54H41B7N2O. The predicted octanol–water partition coefficient (Wildman–Crippen LogP) is 2.59. The van der Waals surface area contributed by atoms with Crippen molar-refractivity contribution in [3.63, 3.8) is 0 Å². The molecule has 0 saturated carbocycles. The lowest BCUT2D eigenvalue weighted by Gasteiger charge is -2.19. The van der Waals surface area contributed by atoms with Gasteiger partial charge in [-0.1, -0.05) is 136 Å². The zero-order chi connectivity index (χ0) is 43.5. The summed E-state index contributed by atoms with van der Waals surface area (Å²) in [6.07, 6.45) is 0. The van der Waals surface area contributed by atoms with E-state index in [1.54, 1.807) is 0 Å². The lowest BCUT2D eigenvalue weighted by Crippen LogP contribution is -2.48. The van der Waals surface area contributed by atoms with Crippen molar-refractivity contribution in [1.82, 2.24) is 9.13 Å². The van der Waals surface area contributed by atoms with Gasteiger partial charge in [0.2, 0.25) is 0 Å². The van der Waals surface area contributed by atoms with E-state index in [9.17, 15) is 0 Å². The summed E-state index contributed by atoms with van der Waals surface area (Å²) < 4.78 is 11.5. The second kappa shape index (κ2) is 14.4. The molecule has 12 aromatic rings. The number of para-hydroxylation sites is 1. The molecule has 3 heterocycles. The van der Waals surface area contributed by atoms with E-state index >= 15 is 0 Å². The Hall–Kier alpha value is -7.17. The summed E-state index contributed by atoms with van der Waals surface area (Å²) >= 11 is 0. The molecule has 3 aromatic heterocycles. The van der Waals surface area contributed by atoms with Crippen LogP contribution in [-0.2, 0) is 0 Å². The van der Waals surface area contributed by atoms with Crippen molar-refractivity contribution in [2.24, 2.45) is 0 Å². The van der Waals surface area contributed by atoms with Crippen molar-refractivity contribution >= 4 is 159 Å². The van der Waals surface area contributed by atoms with Gasteiger partial charge in [-0.2, -0.15) is 0 Å². The highest BCUT2D eigenvalue weighted by atomic mass is 16.3. The Balaban J connectivity index is 1.13. The van der Waals surface area contributed by atoms with E-state index in [1.807, 2.05) is 6.07 Å². The van der Waals surface area contributed by atoms with Gasteiger partial charge >= 0.3 is 0 Å². The summed E-state index contributed by atoms with van der Waals surface area (Å²) in [6, 6.07) is 59.7. The summed E-state index contributed by atoms with van der Waals surface area (Å²) in [7, 11) is 16.2. The van der Waals surface area contributed by atoms with Crippen LogP contribution in [0.4, 0.5) is 0 Å². The lowest BCUT2D eigenvalue weighted by atomic mass is 9.64. The molecule has 294 valence electrons. The molecule has 0 spiro atoms. The molecular weight excluding hydrogens is 768 g/mol. The van der Waals surface area contributed by atoms with Gasteiger partial charge in [0.15, 0.2) is 0 Å². The van der Waals surface area contributed by atoms with Gasteiger partial charge in [-0.3, -0.25) is 0 Å². The number of hydrogen-bond acceptors (Lipinski definition) is 1. The molecule has 0 aliphatic heterocycles. The number of nitrogens with zero attached hydrogens (tertiary/aromatic N) is 2. The summed E-state index contributed by atoms with van der Waals surface area (Å²) in [5, 5.41) is 7.44. The highest BCUT2D eigenvalue weighted by Gasteiger charge is 2.26. The molecule has 0 atom stereocenters. The molecule has 0 saturated heterocycles. The molecule has 0 N–H and O–H groups in total. The van der Waals surface area contributed by atoms with Crippen molar-refractivity contribution in [3.05, 3.63) is 164 Å². The van der Waals surface area contributed by atoms with E-state index in [4.69, 9.17) is 4.42 Å². The van der Waals surface area contributed by atoms with Gasteiger partial charge in [0.25, 0.3) is 0 Å². The number of rotatable bonds is 5. The molecule has 3 nitrogen and oxygen atoms in total. The molecule has 0 radical (unpaired) electrons. The van der Waals surface area contributed by atoms with Crippen LogP contribution in [0.25, 0.3) is 110 Å². The quantitative estimate of drug-likeness (QED) is 0.246. The average Bonchev–Trinajstić information content (AvgIpc) is 4.00. The summed E-state index contributed by atoms with van der Waals surface area (Å²) in [4.78, 5) is 0. The van der Waals surface area contributed by atoms with Crippen LogP contribution in [0, 0.1) is 0 Å². The first-order valence-corrected chi connectivity index (χ1v) is 22.4. The van der Waals surface area contributed by atoms with Crippen LogP contribution >= 0.6 is 0 Å². The Bertz CT molecular complexity index is 3930. The van der Waals surface area contributed by atoms with Gasteiger partial charge in [-0.05, 0) is 93.4 Å². The van der Waals surface area contributed by atoms with E-state index in [2.05, 4.69) is 222 Å². The maximum Gasteiger partial charge on any atom is 0.141 e. The minimum Gasteiger partial charge on any atom is -0.456 e. The Labute approximate surface area is 379 Å². The van der Waals surface area contributed by atoms with Crippen LogP contribution in [0.15, 0.2) is 168 Å². The van der Waals surface area contributed by atoms with Crippen molar-refractivity contribution in [2.75, 3.05) is 0 Å². The first kappa shape index (κ1) is 38.5. The lowest BCUT2D eigenvalue weighted by molar-refractivity contribution is 0.668. The smallest absolute Gasteiger partial charge is 0.141 e. The van der Waals surface area contributed by atoms with Gasteiger partial charge in [0, 0.05) is 55.4 Å². The summed E-state index contributed by atoms with van der Waals surface area (Å²) in [5.41, 5.74) is 25.7. The fourth-order valence-corrected chi connectivity index (χ4v) is 11.0. The van der Waals surface area contributed by atoms with Gasteiger partial charge in [0.1, 0.15) is 66.1 Å². The van der Waals surface area contributed by atoms with Gasteiger partial charge < -0.3 is 13.6 Å². The molecule has 10 heteroatoms. The number of fused-ring (bicyclic) bond motifs is 9. The van der Waals surface area contributed by atoms with Crippen LogP contribution in [0.1, 0.15) is 0 Å². The van der Waals surface area contributed by atoms with Crippen LogP contribution in [0.3, 0.4) is 0 Å². The molecule has 0 fully saturated rings. The fourth-order valence-electron chi connectivity index (χ4n) is 11.0. The second-order valence-electron chi connectivity index (χ2n) is 17.9. The molecule has 0 unspecified atom stereocenters. The van der Waals surface area contributed by atoms with Crippen LogP contribution in [-0.4, -0.2) is 64.1 Å². The standard InChI is InChI=1S/C54H41B7N2O/c55-46-43(47(56)51(60)53-44(46)45-48(57)49(58)50(59)52(61)54(45)63(53)34-20-21-36-35-16-7-8-17-41(35)64-42(36)27-34)32-19-23-40-38(26-32)37-25-31(29-12-5-2-6-13-29)18-22-39(37)62(40)33-15-9-14-30(24-33)28-10-3-1-4-11-28/h1-27H,55-61H2. The largest absolute Gasteiger partial charge is 0.456 e. The average molecular weight is 810 g/mol. The maximum atomic E-state index is 6.51. The van der Waals surface area contributed by atoms with E-state index in [1.165, 1.54) is 115 Å². The van der Waals surface area contributed by atoms with E-state index in [0.717, 1.165) is 33.3 Å². The second-order valence-corrected chi connectivity index (χ2v) is 17.9. The molecule has 9 aromatic carbocycles. The number of furan rings is 1. The van der Waals surface area contributed by atoms with Crippen molar-refractivity contribution in [2.45, 2.75) is 0 Å². The van der Waals surface area contributed by atoms with Crippen molar-refractivity contribution in [1.29, 1.82) is 0 Å². The minimum absolute atomic E-state index is 0.907. The third kappa shape index (κ3) is 5.58. The van der Waals surface area contributed by atoms with Crippen LogP contribution < -0.4 is 38.2 Å².